The van der Waals surface area contributed by atoms with Crippen LogP contribution in [0.15, 0.2) is 66.7 Å². The summed E-state index contributed by atoms with van der Waals surface area (Å²) in [5.74, 6) is -1.57. The van der Waals surface area contributed by atoms with Gasteiger partial charge in [0.05, 0.1) is 13.1 Å². The molecule has 0 N–H and O–H groups in total. The molecular weight excluding hydrogens is 438 g/mol. The van der Waals surface area contributed by atoms with Crippen molar-refractivity contribution in [2.45, 2.75) is 25.9 Å². The molecule has 1 aliphatic heterocycles. The molecule has 7 heteroatoms. The van der Waals surface area contributed by atoms with E-state index in [2.05, 4.69) is 0 Å². The molecule has 1 heterocycles. The first-order valence-electron chi connectivity index (χ1n) is 11.3. The van der Waals surface area contributed by atoms with E-state index in [1.165, 1.54) is 6.07 Å². The quantitative estimate of drug-likeness (QED) is 0.540. The second kappa shape index (κ2) is 9.25. The van der Waals surface area contributed by atoms with Crippen LogP contribution >= 0.6 is 0 Å². The summed E-state index contributed by atoms with van der Waals surface area (Å²) < 4.78 is 32.8. The number of carbonyl (C=O) groups excluding carboxylic acids is 2. The van der Waals surface area contributed by atoms with Gasteiger partial charge in [0.15, 0.2) is 11.6 Å². The van der Waals surface area contributed by atoms with Crippen LogP contribution < -0.4 is 9.64 Å². The number of amides is 2. The average molecular weight is 462 g/mol. The van der Waals surface area contributed by atoms with Crippen molar-refractivity contribution in [3.05, 3.63) is 95.1 Å². The highest BCUT2D eigenvalue weighted by Crippen LogP contribution is 2.34. The molecule has 1 aliphatic carbocycles. The lowest BCUT2D eigenvalue weighted by atomic mass is 10.1. The van der Waals surface area contributed by atoms with Gasteiger partial charge in [-0.15, -0.1) is 0 Å². The Morgan fingerprint density at radius 3 is 2.50 bits per heavy atom. The zero-order chi connectivity index (χ0) is 23.7. The highest BCUT2D eigenvalue weighted by atomic mass is 19.2. The number of fused-ring (bicyclic) bond motifs is 1. The Hall–Kier alpha value is -3.74. The lowest BCUT2D eigenvalue weighted by Crippen LogP contribution is -2.33. The summed E-state index contributed by atoms with van der Waals surface area (Å²) in [6.45, 7) is 1.28. The highest BCUT2D eigenvalue weighted by molar-refractivity contribution is 5.96. The summed E-state index contributed by atoms with van der Waals surface area (Å²) in [5.41, 5.74) is 2.66. The normalized spacial score (nSPS) is 15.2. The Kier molecular flexibility index (Phi) is 6.01. The average Bonchev–Trinajstić information content (AvgIpc) is 3.71. The third-order valence-electron chi connectivity index (χ3n) is 6.16. The van der Waals surface area contributed by atoms with E-state index in [1.807, 2.05) is 48.5 Å². The van der Waals surface area contributed by atoms with Gasteiger partial charge in [-0.3, -0.25) is 9.59 Å². The number of rotatable bonds is 5. The molecule has 1 saturated carbocycles. The van der Waals surface area contributed by atoms with Crippen molar-refractivity contribution in [2.24, 2.45) is 5.92 Å². The van der Waals surface area contributed by atoms with Gasteiger partial charge in [0.25, 0.3) is 5.91 Å². The standard InChI is InChI=1S/C27H24F2N2O3/c28-23-10-9-20(15-24(23)29)26(32)30-12-13-34-25-11-6-18(14-21(25)17-30)16-31(27(33)19-7-8-19)22-4-2-1-3-5-22/h1-6,9-11,14-15,19H,7-8,12-13,16-17H2. The summed E-state index contributed by atoms with van der Waals surface area (Å²) in [6.07, 6.45) is 1.84. The third kappa shape index (κ3) is 4.64. The first-order valence-corrected chi connectivity index (χ1v) is 11.3. The van der Waals surface area contributed by atoms with Crippen LogP contribution in [0.3, 0.4) is 0 Å². The minimum atomic E-state index is -1.05. The summed E-state index contributed by atoms with van der Waals surface area (Å²) in [7, 11) is 0. The van der Waals surface area contributed by atoms with Crippen molar-refractivity contribution in [2.75, 3.05) is 18.1 Å². The Morgan fingerprint density at radius 1 is 0.971 bits per heavy atom. The molecule has 0 saturated heterocycles. The van der Waals surface area contributed by atoms with Crippen molar-refractivity contribution in [3.8, 4) is 5.75 Å². The van der Waals surface area contributed by atoms with E-state index < -0.39 is 17.5 Å². The molecule has 34 heavy (non-hydrogen) atoms. The molecule has 174 valence electrons. The fourth-order valence-electron chi connectivity index (χ4n) is 4.17. The predicted octanol–water partition coefficient (Wildman–Crippen LogP) is 4.94. The SMILES string of the molecule is O=C(c1ccc(F)c(F)c1)N1CCOc2ccc(CN(C(=O)C3CC3)c3ccccc3)cc2C1. The minimum absolute atomic E-state index is 0.0774. The molecule has 1 fully saturated rings. The van der Waals surface area contributed by atoms with Crippen LogP contribution in [0, 0.1) is 17.6 Å². The van der Waals surface area contributed by atoms with Gasteiger partial charge >= 0.3 is 0 Å². The summed E-state index contributed by atoms with van der Waals surface area (Å²) >= 11 is 0. The Labute approximate surface area is 196 Å². The second-order valence-corrected chi connectivity index (χ2v) is 8.68. The zero-order valence-corrected chi connectivity index (χ0v) is 18.5. The first kappa shape index (κ1) is 22.1. The number of halogens is 2. The van der Waals surface area contributed by atoms with E-state index in [0.717, 1.165) is 41.8 Å². The highest BCUT2D eigenvalue weighted by Gasteiger charge is 2.34. The predicted molar refractivity (Wildman–Crippen MR) is 123 cm³/mol. The lowest BCUT2D eigenvalue weighted by molar-refractivity contribution is -0.119. The second-order valence-electron chi connectivity index (χ2n) is 8.68. The Morgan fingerprint density at radius 2 is 1.76 bits per heavy atom. The molecule has 0 bridgehead atoms. The van der Waals surface area contributed by atoms with Crippen LogP contribution in [0.1, 0.15) is 34.3 Å². The molecule has 5 nitrogen and oxygen atoms in total. The smallest absolute Gasteiger partial charge is 0.254 e. The Balaban J connectivity index is 1.39. The number of ether oxygens (including phenoxy) is 1. The van der Waals surface area contributed by atoms with Gasteiger partial charge < -0.3 is 14.5 Å². The van der Waals surface area contributed by atoms with Crippen molar-refractivity contribution < 1.29 is 23.1 Å². The van der Waals surface area contributed by atoms with Crippen LogP contribution in [-0.2, 0) is 17.9 Å². The molecule has 2 amide bonds. The molecule has 0 radical (unpaired) electrons. The van der Waals surface area contributed by atoms with Gasteiger partial charge in [0.2, 0.25) is 5.91 Å². The molecule has 0 aromatic heterocycles. The number of nitrogens with zero attached hydrogens (tertiary/aromatic N) is 2. The van der Waals surface area contributed by atoms with E-state index in [0.29, 0.717) is 18.8 Å². The van der Waals surface area contributed by atoms with Crippen molar-refractivity contribution in [1.29, 1.82) is 0 Å². The zero-order valence-electron chi connectivity index (χ0n) is 18.5. The molecule has 5 rings (SSSR count). The Bertz CT molecular complexity index is 1230. The van der Waals surface area contributed by atoms with Gasteiger partial charge in [0, 0.05) is 29.3 Å². The summed E-state index contributed by atoms with van der Waals surface area (Å²) in [5, 5.41) is 0. The fraction of sp³-hybridized carbons (Fsp3) is 0.259. The van der Waals surface area contributed by atoms with E-state index in [4.69, 9.17) is 4.74 Å². The van der Waals surface area contributed by atoms with Gasteiger partial charge in [-0.1, -0.05) is 24.3 Å². The summed E-state index contributed by atoms with van der Waals surface area (Å²) in [6, 6.07) is 18.5. The van der Waals surface area contributed by atoms with Gasteiger partial charge in [0.1, 0.15) is 12.4 Å². The number of anilines is 1. The molecule has 2 aliphatic rings. The van der Waals surface area contributed by atoms with Crippen LogP contribution in [0.5, 0.6) is 5.75 Å². The molecule has 3 aromatic carbocycles. The largest absolute Gasteiger partial charge is 0.491 e. The van der Waals surface area contributed by atoms with Gasteiger partial charge in [-0.2, -0.15) is 0 Å². The number of para-hydroxylation sites is 1. The molecule has 0 atom stereocenters. The number of carbonyl (C=O) groups is 2. The van der Waals surface area contributed by atoms with Crippen molar-refractivity contribution in [1.82, 2.24) is 4.90 Å². The van der Waals surface area contributed by atoms with Crippen LogP contribution in [-0.4, -0.2) is 29.9 Å². The maximum atomic E-state index is 13.7. The summed E-state index contributed by atoms with van der Waals surface area (Å²) in [4.78, 5) is 29.3. The molecular formula is C27H24F2N2O3. The number of benzene rings is 3. The van der Waals surface area contributed by atoms with E-state index in [1.54, 1.807) is 9.80 Å². The molecule has 0 unspecified atom stereocenters. The van der Waals surface area contributed by atoms with Crippen LogP contribution in [0.2, 0.25) is 0 Å². The molecule has 0 spiro atoms. The van der Waals surface area contributed by atoms with Crippen molar-refractivity contribution >= 4 is 17.5 Å². The topological polar surface area (TPSA) is 49.9 Å². The lowest BCUT2D eigenvalue weighted by Gasteiger charge is -2.24. The van der Waals surface area contributed by atoms with E-state index in [9.17, 15) is 18.4 Å². The van der Waals surface area contributed by atoms with Gasteiger partial charge in [-0.05, 0) is 60.9 Å². The molecule has 3 aromatic rings. The van der Waals surface area contributed by atoms with E-state index in [-0.39, 0.29) is 30.5 Å². The maximum Gasteiger partial charge on any atom is 0.254 e. The van der Waals surface area contributed by atoms with Crippen LogP contribution in [0.4, 0.5) is 14.5 Å². The third-order valence-corrected chi connectivity index (χ3v) is 6.16. The number of hydrogen-bond acceptors (Lipinski definition) is 3. The minimum Gasteiger partial charge on any atom is -0.491 e. The monoisotopic (exact) mass is 462 g/mol. The first-order chi connectivity index (χ1) is 16.5. The number of hydrogen-bond donors (Lipinski definition) is 0. The van der Waals surface area contributed by atoms with Gasteiger partial charge in [-0.25, -0.2) is 8.78 Å². The fourth-order valence-corrected chi connectivity index (χ4v) is 4.17. The van der Waals surface area contributed by atoms with Crippen LogP contribution in [0.25, 0.3) is 0 Å². The van der Waals surface area contributed by atoms with E-state index >= 15 is 0 Å². The maximum absolute atomic E-state index is 13.7. The van der Waals surface area contributed by atoms with Crippen molar-refractivity contribution in [3.63, 3.8) is 0 Å².